The van der Waals surface area contributed by atoms with Gasteiger partial charge in [-0.2, -0.15) is 0 Å². The Labute approximate surface area is 88.8 Å². The van der Waals surface area contributed by atoms with Gasteiger partial charge < -0.3 is 14.7 Å². The lowest BCUT2D eigenvalue weighted by Gasteiger charge is -2.10. The maximum Gasteiger partial charge on any atom is 0.164 e. The van der Waals surface area contributed by atoms with E-state index in [1.165, 1.54) is 0 Å². The number of hydrogen-bond acceptors (Lipinski definition) is 4. The fourth-order valence-corrected chi connectivity index (χ4v) is 1.91. The van der Waals surface area contributed by atoms with Gasteiger partial charge in [0.05, 0.1) is 7.11 Å². The molecule has 1 unspecified atom stereocenters. The number of ether oxygens (including phenoxy) is 2. The summed E-state index contributed by atoms with van der Waals surface area (Å²) in [5.41, 5.74) is 4.28. The standard InChI is InChI=1S/C11H15NO3/c1-7-3-9-4-8(6-12-13)5-10(14-2)11(9)15-7/h4-5,7,12-13H,3,6H2,1-2H3. The van der Waals surface area contributed by atoms with Crippen molar-refractivity contribution in [3.05, 3.63) is 23.3 Å². The van der Waals surface area contributed by atoms with Crippen LogP contribution in [0.3, 0.4) is 0 Å². The molecule has 1 aliphatic rings. The Kier molecular flexibility index (Phi) is 2.79. The number of fused-ring (bicyclic) bond motifs is 1. The van der Waals surface area contributed by atoms with E-state index in [0.29, 0.717) is 6.54 Å². The van der Waals surface area contributed by atoms with E-state index in [1.54, 1.807) is 7.11 Å². The van der Waals surface area contributed by atoms with Crippen molar-refractivity contribution < 1.29 is 14.7 Å². The smallest absolute Gasteiger partial charge is 0.164 e. The van der Waals surface area contributed by atoms with Crippen LogP contribution in [0.15, 0.2) is 12.1 Å². The molecule has 0 fully saturated rings. The molecule has 1 heterocycles. The van der Waals surface area contributed by atoms with Crippen LogP contribution in [0.2, 0.25) is 0 Å². The normalized spacial score (nSPS) is 18.5. The molecule has 0 aromatic heterocycles. The zero-order chi connectivity index (χ0) is 10.8. The van der Waals surface area contributed by atoms with E-state index in [2.05, 4.69) is 5.48 Å². The van der Waals surface area contributed by atoms with E-state index in [-0.39, 0.29) is 6.10 Å². The Morgan fingerprint density at radius 1 is 1.60 bits per heavy atom. The van der Waals surface area contributed by atoms with E-state index >= 15 is 0 Å². The third-order valence-corrected chi connectivity index (χ3v) is 2.52. The lowest BCUT2D eigenvalue weighted by Crippen LogP contribution is -2.06. The Morgan fingerprint density at radius 2 is 2.40 bits per heavy atom. The van der Waals surface area contributed by atoms with Gasteiger partial charge in [-0.15, -0.1) is 0 Å². The summed E-state index contributed by atoms with van der Waals surface area (Å²) < 4.78 is 10.9. The van der Waals surface area contributed by atoms with Crippen molar-refractivity contribution >= 4 is 0 Å². The molecule has 4 heteroatoms. The molecule has 1 aromatic rings. The van der Waals surface area contributed by atoms with Crippen LogP contribution in [0.1, 0.15) is 18.1 Å². The predicted molar refractivity (Wildman–Crippen MR) is 55.4 cm³/mol. The number of hydroxylamine groups is 1. The lowest BCUT2D eigenvalue weighted by molar-refractivity contribution is 0.161. The Bertz CT molecular complexity index is 365. The molecule has 2 N–H and O–H groups in total. The minimum absolute atomic E-state index is 0.200. The SMILES string of the molecule is COc1cc(CNO)cc2c1OC(C)C2. The van der Waals surface area contributed by atoms with Crippen molar-refractivity contribution in [3.63, 3.8) is 0 Å². The topological polar surface area (TPSA) is 50.7 Å². The zero-order valence-electron chi connectivity index (χ0n) is 8.91. The number of hydrogen-bond donors (Lipinski definition) is 2. The molecule has 0 radical (unpaired) electrons. The second-order valence-electron chi connectivity index (χ2n) is 3.75. The molecule has 0 spiro atoms. The molecule has 82 valence electrons. The lowest BCUT2D eigenvalue weighted by atomic mass is 10.1. The van der Waals surface area contributed by atoms with E-state index in [4.69, 9.17) is 14.7 Å². The molecular weight excluding hydrogens is 194 g/mol. The van der Waals surface area contributed by atoms with Gasteiger partial charge in [0.25, 0.3) is 0 Å². The van der Waals surface area contributed by atoms with Gasteiger partial charge in [-0.05, 0) is 18.6 Å². The highest BCUT2D eigenvalue weighted by Gasteiger charge is 2.23. The minimum Gasteiger partial charge on any atom is -0.493 e. The molecule has 0 aliphatic carbocycles. The van der Waals surface area contributed by atoms with Crippen LogP contribution in [-0.4, -0.2) is 18.4 Å². The van der Waals surface area contributed by atoms with Crippen LogP contribution in [0, 0.1) is 0 Å². The Morgan fingerprint density at radius 3 is 3.07 bits per heavy atom. The molecule has 0 saturated heterocycles. The molecular formula is C11H15NO3. The Hall–Kier alpha value is -1.26. The van der Waals surface area contributed by atoms with E-state index in [1.807, 2.05) is 19.1 Å². The molecule has 2 rings (SSSR count). The average molecular weight is 209 g/mol. The van der Waals surface area contributed by atoms with Crippen molar-refractivity contribution in [2.45, 2.75) is 26.0 Å². The van der Waals surface area contributed by atoms with Crippen molar-refractivity contribution in [1.82, 2.24) is 5.48 Å². The number of benzene rings is 1. The molecule has 4 nitrogen and oxygen atoms in total. The first-order chi connectivity index (χ1) is 7.24. The molecule has 1 aliphatic heterocycles. The maximum absolute atomic E-state index is 8.66. The second-order valence-corrected chi connectivity index (χ2v) is 3.75. The van der Waals surface area contributed by atoms with Crippen molar-refractivity contribution in [2.75, 3.05) is 7.11 Å². The van der Waals surface area contributed by atoms with Crippen LogP contribution in [0.25, 0.3) is 0 Å². The third-order valence-electron chi connectivity index (χ3n) is 2.52. The van der Waals surface area contributed by atoms with Gasteiger partial charge in [-0.1, -0.05) is 6.07 Å². The van der Waals surface area contributed by atoms with Crippen LogP contribution in [-0.2, 0) is 13.0 Å². The average Bonchev–Trinajstić information content (AvgIpc) is 2.57. The summed E-state index contributed by atoms with van der Waals surface area (Å²) >= 11 is 0. The Balaban J connectivity index is 2.38. The first-order valence-electron chi connectivity index (χ1n) is 4.98. The van der Waals surface area contributed by atoms with Crippen LogP contribution in [0.4, 0.5) is 0 Å². The van der Waals surface area contributed by atoms with Crippen LogP contribution >= 0.6 is 0 Å². The third kappa shape index (κ3) is 1.91. The summed E-state index contributed by atoms with van der Waals surface area (Å²) in [6.45, 7) is 2.45. The predicted octanol–water partition coefficient (Wildman–Crippen LogP) is 1.50. The van der Waals surface area contributed by atoms with Gasteiger partial charge in [0.1, 0.15) is 6.10 Å². The number of methoxy groups -OCH3 is 1. The van der Waals surface area contributed by atoms with Crippen LogP contribution < -0.4 is 15.0 Å². The van der Waals surface area contributed by atoms with E-state index < -0.39 is 0 Å². The fourth-order valence-electron chi connectivity index (χ4n) is 1.91. The fraction of sp³-hybridized carbons (Fsp3) is 0.455. The molecule has 1 atom stereocenters. The van der Waals surface area contributed by atoms with Gasteiger partial charge in [-0.3, -0.25) is 0 Å². The largest absolute Gasteiger partial charge is 0.493 e. The summed E-state index contributed by atoms with van der Waals surface area (Å²) in [5, 5.41) is 8.66. The second kappa shape index (κ2) is 4.08. The molecule has 0 saturated carbocycles. The number of nitrogens with one attached hydrogen (secondary N) is 1. The quantitative estimate of drug-likeness (QED) is 0.741. The van der Waals surface area contributed by atoms with Gasteiger partial charge in [0, 0.05) is 18.5 Å². The first kappa shape index (κ1) is 10.3. The van der Waals surface area contributed by atoms with Crippen LogP contribution in [0.5, 0.6) is 11.5 Å². The van der Waals surface area contributed by atoms with Crippen molar-refractivity contribution in [1.29, 1.82) is 0 Å². The van der Waals surface area contributed by atoms with E-state index in [9.17, 15) is 0 Å². The van der Waals surface area contributed by atoms with Gasteiger partial charge >= 0.3 is 0 Å². The summed E-state index contributed by atoms with van der Waals surface area (Å²) in [4.78, 5) is 0. The highest BCUT2D eigenvalue weighted by atomic mass is 16.5. The molecule has 0 amide bonds. The van der Waals surface area contributed by atoms with Crippen molar-refractivity contribution in [3.8, 4) is 11.5 Å². The summed E-state index contributed by atoms with van der Waals surface area (Å²) in [5.74, 6) is 1.58. The molecule has 0 bridgehead atoms. The summed E-state index contributed by atoms with van der Waals surface area (Å²) in [6.07, 6.45) is 1.09. The molecule has 1 aromatic carbocycles. The zero-order valence-corrected chi connectivity index (χ0v) is 8.91. The van der Waals surface area contributed by atoms with Gasteiger partial charge in [0.2, 0.25) is 0 Å². The summed E-state index contributed by atoms with van der Waals surface area (Å²) in [7, 11) is 1.62. The van der Waals surface area contributed by atoms with Gasteiger partial charge in [0.15, 0.2) is 11.5 Å². The molecule has 15 heavy (non-hydrogen) atoms. The highest BCUT2D eigenvalue weighted by Crippen LogP contribution is 2.38. The number of rotatable bonds is 3. The highest BCUT2D eigenvalue weighted by molar-refractivity contribution is 5.51. The van der Waals surface area contributed by atoms with Crippen molar-refractivity contribution in [2.24, 2.45) is 0 Å². The summed E-state index contributed by atoms with van der Waals surface area (Å²) in [6, 6.07) is 3.91. The van der Waals surface area contributed by atoms with Gasteiger partial charge in [-0.25, -0.2) is 5.48 Å². The van der Waals surface area contributed by atoms with E-state index in [0.717, 1.165) is 29.0 Å². The first-order valence-corrected chi connectivity index (χ1v) is 4.98. The minimum atomic E-state index is 0.200. The maximum atomic E-state index is 8.66. The monoisotopic (exact) mass is 209 g/mol.